The standard InChI is InChI=1S/C46H66Cl2N2O2/c1-3-5-7-9-11-13-15-17-19-21-23-25-35-49-43(37-27-31-39(47)32-28-37)41-42(45(49)51)44(38-29-33-40(48)34-30-38)50(46(41)52)36-26-24-22-20-18-16-14-12-10-8-6-4-2/h27-34H,3-26,35-36H2,1-2H3. The molecule has 4 nitrogen and oxygen atoms in total. The van der Waals surface area contributed by atoms with E-state index in [1.165, 1.54) is 128 Å². The van der Waals surface area contributed by atoms with Crippen LogP contribution in [0.3, 0.4) is 0 Å². The van der Waals surface area contributed by atoms with Crippen molar-refractivity contribution < 1.29 is 9.59 Å². The summed E-state index contributed by atoms with van der Waals surface area (Å²) in [4.78, 5) is 32.7. The number of amides is 2. The Hall–Kier alpha value is -2.56. The minimum atomic E-state index is -0.0708. The van der Waals surface area contributed by atoms with Gasteiger partial charge in [-0.15, -0.1) is 0 Å². The molecule has 0 aliphatic carbocycles. The van der Waals surface area contributed by atoms with Crippen LogP contribution in [0.25, 0.3) is 11.4 Å². The Bertz CT molecular complexity index is 1320. The maximum Gasteiger partial charge on any atom is 0.261 e. The number of carbonyl (C=O) groups excluding carboxylic acids is 2. The number of carbonyl (C=O) groups is 2. The molecule has 2 amide bonds. The average molecular weight is 750 g/mol. The van der Waals surface area contributed by atoms with Gasteiger partial charge >= 0.3 is 0 Å². The van der Waals surface area contributed by atoms with Crippen LogP contribution in [-0.4, -0.2) is 34.7 Å². The number of nitrogens with zero attached hydrogens (tertiary/aromatic N) is 2. The van der Waals surface area contributed by atoms with Crippen molar-refractivity contribution >= 4 is 46.4 Å². The van der Waals surface area contributed by atoms with Crippen LogP contribution in [-0.2, 0) is 9.59 Å². The molecule has 286 valence electrons. The fourth-order valence-electron chi connectivity index (χ4n) is 7.86. The molecule has 0 radical (unpaired) electrons. The van der Waals surface area contributed by atoms with Gasteiger partial charge in [0.1, 0.15) is 0 Å². The first kappa shape index (κ1) is 42.2. The quantitative estimate of drug-likeness (QED) is 0.0813. The molecular formula is C46H66Cl2N2O2. The van der Waals surface area contributed by atoms with Gasteiger partial charge in [0, 0.05) is 23.1 Å². The third-order valence-electron chi connectivity index (χ3n) is 10.9. The fraction of sp³-hybridized carbons (Fsp3) is 0.609. The number of fused-ring (bicyclic) bond motifs is 1. The molecule has 0 unspecified atom stereocenters. The van der Waals surface area contributed by atoms with Gasteiger partial charge in [-0.05, 0) is 48.2 Å². The van der Waals surface area contributed by atoms with Gasteiger partial charge in [0.25, 0.3) is 11.8 Å². The van der Waals surface area contributed by atoms with Gasteiger partial charge in [0.2, 0.25) is 0 Å². The van der Waals surface area contributed by atoms with Crippen molar-refractivity contribution in [3.8, 4) is 0 Å². The van der Waals surface area contributed by atoms with Crippen LogP contribution in [0, 0.1) is 0 Å². The third kappa shape index (κ3) is 12.8. The average Bonchev–Trinajstić information content (AvgIpc) is 3.59. The third-order valence-corrected chi connectivity index (χ3v) is 11.4. The number of hydrogen-bond acceptors (Lipinski definition) is 2. The van der Waals surface area contributed by atoms with Gasteiger partial charge in [-0.3, -0.25) is 9.59 Å². The van der Waals surface area contributed by atoms with Crippen molar-refractivity contribution in [2.75, 3.05) is 13.1 Å². The van der Waals surface area contributed by atoms with E-state index in [0.29, 0.717) is 34.3 Å². The Labute approximate surface area is 326 Å². The summed E-state index contributed by atoms with van der Waals surface area (Å²) < 4.78 is 0. The van der Waals surface area contributed by atoms with E-state index in [4.69, 9.17) is 23.2 Å². The summed E-state index contributed by atoms with van der Waals surface area (Å²) in [5.41, 5.74) is 4.25. The van der Waals surface area contributed by atoms with Crippen molar-refractivity contribution in [3.63, 3.8) is 0 Å². The Morgan fingerprint density at radius 3 is 0.904 bits per heavy atom. The molecular weight excluding hydrogens is 683 g/mol. The van der Waals surface area contributed by atoms with Crippen molar-refractivity contribution in [1.82, 2.24) is 9.80 Å². The summed E-state index contributed by atoms with van der Waals surface area (Å²) in [5.74, 6) is -0.142. The van der Waals surface area contributed by atoms with Gasteiger partial charge in [-0.25, -0.2) is 0 Å². The van der Waals surface area contributed by atoms with Crippen molar-refractivity contribution in [1.29, 1.82) is 0 Å². The van der Waals surface area contributed by atoms with Crippen molar-refractivity contribution in [2.24, 2.45) is 0 Å². The monoisotopic (exact) mass is 748 g/mol. The molecule has 2 aromatic carbocycles. The summed E-state index contributed by atoms with van der Waals surface area (Å²) in [6.07, 6.45) is 30.3. The summed E-state index contributed by atoms with van der Waals surface area (Å²) in [6, 6.07) is 15.2. The predicted octanol–water partition coefficient (Wildman–Crippen LogP) is 14.2. The van der Waals surface area contributed by atoms with Crippen LogP contribution in [0.1, 0.15) is 179 Å². The topological polar surface area (TPSA) is 40.6 Å². The zero-order valence-electron chi connectivity index (χ0n) is 32.5. The largest absolute Gasteiger partial charge is 0.307 e. The van der Waals surface area contributed by atoms with Gasteiger partial charge in [-0.2, -0.15) is 0 Å². The fourth-order valence-corrected chi connectivity index (χ4v) is 8.11. The highest BCUT2D eigenvalue weighted by atomic mass is 35.5. The van der Waals surface area contributed by atoms with E-state index in [2.05, 4.69) is 13.8 Å². The Morgan fingerprint density at radius 2 is 0.635 bits per heavy atom. The molecule has 0 saturated heterocycles. The number of rotatable bonds is 28. The van der Waals surface area contributed by atoms with E-state index in [-0.39, 0.29) is 11.8 Å². The van der Waals surface area contributed by atoms with Crippen molar-refractivity contribution in [2.45, 2.75) is 168 Å². The zero-order chi connectivity index (χ0) is 37.0. The van der Waals surface area contributed by atoms with Crippen LogP contribution in [0.5, 0.6) is 0 Å². The number of unbranched alkanes of at least 4 members (excludes halogenated alkanes) is 22. The maximum atomic E-state index is 14.5. The van der Waals surface area contributed by atoms with Crippen LogP contribution in [0.4, 0.5) is 0 Å². The summed E-state index contributed by atoms with van der Waals surface area (Å²) >= 11 is 12.6. The van der Waals surface area contributed by atoms with Gasteiger partial charge in [-0.1, -0.05) is 203 Å². The molecule has 2 aromatic rings. The van der Waals surface area contributed by atoms with Gasteiger partial charge < -0.3 is 9.80 Å². The molecule has 4 rings (SSSR count). The first-order valence-electron chi connectivity index (χ1n) is 21.1. The molecule has 2 aliphatic heterocycles. The van der Waals surface area contributed by atoms with Gasteiger partial charge in [0.05, 0.1) is 22.5 Å². The highest BCUT2D eigenvalue weighted by Gasteiger charge is 2.48. The van der Waals surface area contributed by atoms with Crippen LogP contribution < -0.4 is 0 Å². The second-order valence-electron chi connectivity index (χ2n) is 15.2. The van der Waals surface area contributed by atoms with Crippen LogP contribution in [0.15, 0.2) is 59.7 Å². The summed E-state index contributed by atoms with van der Waals surface area (Å²) in [5, 5.41) is 1.27. The molecule has 0 spiro atoms. The van der Waals surface area contributed by atoms with E-state index < -0.39 is 0 Å². The lowest BCUT2D eigenvalue weighted by Gasteiger charge is -2.25. The first-order valence-corrected chi connectivity index (χ1v) is 21.9. The normalized spacial score (nSPS) is 14.5. The Balaban J connectivity index is 1.40. The second kappa shape index (κ2) is 24.0. The lowest BCUT2D eigenvalue weighted by molar-refractivity contribution is -0.124. The number of hydrogen-bond donors (Lipinski definition) is 0. The van der Waals surface area contributed by atoms with Crippen LogP contribution in [0.2, 0.25) is 10.0 Å². The van der Waals surface area contributed by atoms with E-state index in [1.54, 1.807) is 0 Å². The lowest BCUT2D eigenvalue weighted by atomic mass is 10.0. The second-order valence-corrected chi connectivity index (χ2v) is 16.0. The minimum absolute atomic E-state index is 0.0708. The minimum Gasteiger partial charge on any atom is -0.307 e. The number of benzene rings is 2. The molecule has 0 N–H and O–H groups in total. The Kier molecular flexibility index (Phi) is 19.4. The van der Waals surface area contributed by atoms with E-state index in [0.717, 1.165) is 48.2 Å². The maximum absolute atomic E-state index is 14.5. The van der Waals surface area contributed by atoms with E-state index >= 15 is 0 Å². The van der Waals surface area contributed by atoms with Gasteiger partial charge in [0.15, 0.2) is 0 Å². The SMILES string of the molecule is CCCCCCCCCCCCCCN1C(=O)C2=C(c3ccc(Cl)cc3)N(CCCCCCCCCCCCCC)C(=O)C2=C1c1ccc(Cl)cc1. The summed E-state index contributed by atoms with van der Waals surface area (Å²) in [7, 11) is 0. The molecule has 2 aliphatic rings. The summed E-state index contributed by atoms with van der Waals surface area (Å²) in [6.45, 7) is 5.73. The van der Waals surface area contributed by atoms with E-state index in [9.17, 15) is 9.59 Å². The van der Waals surface area contributed by atoms with Crippen molar-refractivity contribution in [3.05, 3.63) is 80.8 Å². The molecule has 2 heterocycles. The highest BCUT2D eigenvalue weighted by molar-refractivity contribution is 6.32. The predicted molar refractivity (Wildman–Crippen MR) is 222 cm³/mol. The number of halogens is 2. The smallest absolute Gasteiger partial charge is 0.261 e. The molecule has 52 heavy (non-hydrogen) atoms. The molecule has 6 heteroatoms. The van der Waals surface area contributed by atoms with Crippen LogP contribution >= 0.6 is 23.2 Å². The lowest BCUT2D eigenvalue weighted by Crippen LogP contribution is -2.31. The highest BCUT2D eigenvalue weighted by Crippen LogP contribution is 2.47. The molecule has 0 bridgehead atoms. The molecule has 0 atom stereocenters. The zero-order valence-corrected chi connectivity index (χ0v) is 34.0. The molecule has 0 fully saturated rings. The molecule has 0 saturated carbocycles. The Morgan fingerprint density at radius 1 is 0.385 bits per heavy atom. The van der Waals surface area contributed by atoms with E-state index in [1.807, 2.05) is 58.3 Å². The first-order chi connectivity index (χ1) is 25.5. The molecule has 0 aromatic heterocycles.